The van der Waals surface area contributed by atoms with Crippen LogP contribution in [0.2, 0.25) is 5.02 Å². The van der Waals surface area contributed by atoms with Gasteiger partial charge in [0.05, 0.1) is 17.9 Å². The van der Waals surface area contributed by atoms with E-state index in [2.05, 4.69) is 0 Å². The first-order chi connectivity index (χ1) is 9.73. The van der Waals surface area contributed by atoms with Gasteiger partial charge in [0.2, 0.25) is 15.0 Å². The van der Waals surface area contributed by atoms with E-state index in [1.807, 2.05) is 0 Å². The predicted octanol–water partition coefficient (Wildman–Crippen LogP) is 2.41. The van der Waals surface area contributed by atoms with Crippen molar-refractivity contribution in [3.05, 3.63) is 23.0 Å². The molecule has 1 aliphatic heterocycles. The van der Waals surface area contributed by atoms with E-state index in [0.717, 1.165) is 4.90 Å². The number of rotatable bonds is 4. The molecule has 2 rings (SSSR count). The van der Waals surface area contributed by atoms with Crippen LogP contribution in [0.15, 0.2) is 12.1 Å². The van der Waals surface area contributed by atoms with E-state index in [1.165, 1.54) is 19.2 Å². The predicted molar refractivity (Wildman–Crippen MR) is 78.1 cm³/mol. The molecule has 21 heavy (non-hydrogen) atoms. The smallest absolute Gasteiger partial charge is 0.232 e. The summed E-state index contributed by atoms with van der Waals surface area (Å²) < 4.78 is 41.3. The molecule has 1 aromatic rings. The lowest BCUT2D eigenvalue weighted by atomic mass is 10.1. The zero-order chi connectivity index (χ0) is 15.8. The summed E-state index contributed by atoms with van der Waals surface area (Å²) in [5, 5.41) is 0.0519. The summed E-state index contributed by atoms with van der Waals surface area (Å²) >= 11 is 5.95. The van der Waals surface area contributed by atoms with E-state index in [-0.39, 0.29) is 35.2 Å². The average molecular weight is 356 g/mol. The van der Waals surface area contributed by atoms with Crippen molar-refractivity contribution in [2.24, 2.45) is 5.92 Å². The Hall–Kier alpha value is -1.05. The van der Waals surface area contributed by atoms with Gasteiger partial charge in [-0.15, -0.1) is 0 Å². The number of amides is 1. The summed E-state index contributed by atoms with van der Waals surface area (Å²) in [6.45, 7) is 0.0363. The number of nitrogens with zero attached hydrogens (tertiary/aromatic N) is 1. The van der Waals surface area contributed by atoms with E-state index in [1.54, 1.807) is 0 Å². The fraction of sp³-hybridized carbons (Fsp3) is 0.417. The number of hydrogen-bond donors (Lipinski definition) is 0. The van der Waals surface area contributed by atoms with Gasteiger partial charge in [-0.2, -0.15) is 0 Å². The molecule has 0 aliphatic carbocycles. The minimum atomic E-state index is -3.73. The molecule has 1 fully saturated rings. The first-order valence-corrected chi connectivity index (χ1v) is 8.83. The molecular formula is C12H12Cl2FNO4S. The van der Waals surface area contributed by atoms with E-state index in [9.17, 15) is 17.6 Å². The van der Waals surface area contributed by atoms with Gasteiger partial charge in [0, 0.05) is 29.6 Å². The Morgan fingerprint density at radius 2 is 2.14 bits per heavy atom. The first-order valence-electron chi connectivity index (χ1n) is 5.97. The highest BCUT2D eigenvalue weighted by molar-refractivity contribution is 8.13. The molecule has 0 spiro atoms. The first kappa shape index (κ1) is 16.3. The van der Waals surface area contributed by atoms with Crippen LogP contribution in [-0.2, 0) is 13.8 Å². The largest absolute Gasteiger partial charge is 0.494 e. The zero-order valence-electron chi connectivity index (χ0n) is 11.0. The lowest BCUT2D eigenvalue weighted by molar-refractivity contribution is -0.117. The number of carbonyl (C=O) groups excluding carboxylic acids is 1. The Kier molecular flexibility index (Phi) is 4.65. The van der Waals surface area contributed by atoms with Crippen molar-refractivity contribution in [1.82, 2.24) is 0 Å². The maximum atomic E-state index is 14.3. The molecule has 1 saturated heterocycles. The third-order valence-electron chi connectivity index (χ3n) is 3.16. The van der Waals surface area contributed by atoms with Crippen LogP contribution in [-0.4, -0.2) is 33.7 Å². The molecule has 0 aromatic heterocycles. The summed E-state index contributed by atoms with van der Waals surface area (Å²) in [4.78, 5) is 13.1. The maximum Gasteiger partial charge on any atom is 0.232 e. The van der Waals surface area contributed by atoms with Gasteiger partial charge in [-0.25, -0.2) is 12.8 Å². The number of methoxy groups -OCH3 is 1. The Morgan fingerprint density at radius 3 is 2.71 bits per heavy atom. The molecule has 0 bridgehead atoms. The molecule has 1 amide bonds. The number of hydrogen-bond acceptors (Lipinski definition) is 4. The number of halogens is 3. The molecular weight excluding hydrogens is 344 g/mol. The molecule has 0 saturated carbocycles. The second-order valence-corrected chi connectivity index (χ2v) is 7.92. The van der Waals surface area contributed by atoms with Crippen molar-refractivity contribution in [2.45, 2.75) is 6.42 Å². The SMILES string of the molecule is COc1ccc(Cl)c(N2CC(CS(=O)(=O)Cl)CC2=O)c1F. The van der Waals surface area contributed by atoms with Crippen molar-refractivity contribution in [3.8, 4) is 5.75 Å². The van der Waals surface area contributed by atoms with E-state index >= 15 is 0 Å². The maximum absolute atomic E-state index is 14.3. The summed E-state index contributed by atoms with van der Waals surface area (Å²) in [6, 6.07) is 2.76. The van der Waals surface area contributed by atoms with Crippen molar-refractivity contribution in [3.63, 3.8) is 0 Å². The molecule has 1 heterocycles. The van der Waals surface area contributed by atoms with Crippen molar-refractivity contribution >= 4 is 42.9 Å². The third kappa shape index (κ3) is 3.59. The normalized spacial score (nSPS) is 19.1. The topological polar surface area (TPSA) is 63.7 Å². The summed E-state index contributed by atoms with van der Waals surface area (Å²) in [5.41, 5.74) is -0.101. The monoisotopic (exact) mass is 355 g/mol. The van der Waals surface area contributed by atoms with Crippen LogP contribution in [0.1, 0.15) is 6.42 Å². The summed E-state index contributed by atoms with van der Waals surface area (Å²) in [6.07, 6.45) is -0.0288. The quantitative estimate of drug-likeness (QED) is 0.778. The van der Waals surface area contributed by atoms with Gasteiger partial charge in [-0.1, -0.05) is 11.6 Å². The standard InChI is InChI=1S/C12H12Cl2FNO4S/c1-20-9-3-2-8(13)12(11(9)15)16-5-7(4-10(16)17)6-21(14,18)19/h2-3,7H,4-6H2,1H3. The minimum Gasteiger partial charge on any atom is -0.494 e. The summed E-state index contributed by atoms with van der Waals surface area (Å²) in [5.74, 6) is -2.06. The van der Waals surface area contributed by atoms with Crippen LogP contribution in [0, 0.1) is 11.7 Å². The van der Waals surface area contributed by atoms with Gasteiger partial charge in [0.25, 0.3) is 0 Å². The van der Waals surface area contributed by atoms with Gasteiger partial charge in [-0.05, 0) is 12.1 Å². The van der Waals surface area contributed by atoms with E-state index in [0.29, 0.717) is 0 Å². The molecule has 1 aromatic carbocycles. The zero-order valence-corrected chi connectivity index (χ0v) is 13.3. The Balaban J connectivity index is 2.33. The molecule has 1 unspecified atom stereocenters. The highest BCUT2D eigenvalue weighted by atomic mass is 35.7. The van der Waals surface area contributed by atoms with E-state index in [4.69, 9.17) is 27.0 Å². The van der Waals surface area contributed by atoms with Crippen molar-refractivity contribution < 1.29 is 22.3 Å². The lowest BCUT2D eigenvalue weighted by Gasteiger charge is -2.20. The number of benzene rings is 1. The molecule has 116 valence electrons. The van der Waals surface area contributed by atoms with E-state index < -0.39 is 26.7 Å². The van der Waals surface area contributed by atoms with Gasteiger partial charge >= 0.3 is 0 Å². The minimum absolute atomic E-state index is 0.0288. The van der Waals surface area contributed by atoms with Crippen LogP contribution in [0.5, 0.6) is 5.75 Å². The van der Waals surface area contributed by atoms with Gasteiger partial charge < -0.3 is 9.64 Å². The Labute approximate surface area is 131 Å². The van der Waals surface area contributed by atoms with Crippen LogP contribution in [0.4, 0.5) is 10.1 Å². The van der Waals surface area contributed by atoms with Crippen molar-refractivity contribution in [1.29, 1.82) is 0 Å². The highest BCUT2D eigenvalue weighted by Crippen LogP contribution is 2.38. The number of carbonyl (C=O) groups is 1. The second kappa shape index (κ2) is 5.98. The third-order valence-corrected chi connectivity index (χ3v) is 4.71. The van der Waals surface area contributed by atoms with Crippen LogP contribution >= 0.6 is 22.3 Å². The number of ether oxygens (including phenoxy) is 1. The van der Waals surface area contributed by atoms with Gasteiger partial charge in [-0.3, -0.25) is 4.79 Å². The fourth-order valence-corrected chi connectivity index (χ4v) is 3.89. The highest BCUT2D eigenvalue weighted by Gasteiger charge is 2.36. The molecule has 9 heteroatoms. The van der Waals surface area contributed by atoms with Gasteiger partial charge in [0.15, 0.2) is 11.6 Å². The molecule has 1 aliphatic rings. The van der Waals surface area contributed by atoms with Crippen LogP contribution in [0.25, 0.3) is 0 Å². The Morgan fingerprint density at radius 1 is 1.48 bits per heavy atom. The van der Waals surface area contributed by atoms with Crippen LogP contribution in [0.3, 0.4) is 0 Å². The fourth-order valence-electron chi connectivity index (χ4n) is 2.32. The van der Waals surface area contributed by atoms with Crippen molar-refractivity contribution in [2.75, 3.05) is 24.3 Å². The number of anilines is 1. The lowest BCUT2D eigenvalue weighted by Crippen LogP contribution is -2.26. The van der Waals surface area contributed by atoms with Crippen LogP contribution < -0.4 is 9.64 Å². The average Bonchev–Trinajstić information content (AvgIpc) is 2.68. The summed E-state index contributed by atoms with van der Waals surface area (Å²) in [7, 11) is 2.76. The Bertz CT molecular complexity index is 680. The second-order valence-electron chi connectivity index (χ2n) is 4.69. The molecule has 0 N–H and O–H groups in total. The van der Waals surface area contributed by atoms with Gasteiger partial charge in [0.1, 0.15) is 5.69 Å². The molecule has 1 atom stereocenters. The molecule has 5 nitrogen and oxygen atoms in total. The molecule has 0 radical (unpaired) electrons.